The van der Waals surface area contributed by atoms with Crippen LogP contribution in [-0.2, 0) is 25.0 Å². The van der Waals surface area contributed by atoms with E-state index in [9.17, 15) is 4.79 Å². The van der Waals surface area contributed by atoms with Crippen molar-refractivity contribution in [2.45, 2.75) is 39.2 Å². The van der Waals surface area contributed by atoms with Crippen LogP contribution in [0.2, 0.25) is 0 Å². The molecule has 92 valence electrons. The molecule has 0 spiro atoms. The van der Waals surface area contributed by atoms with Gasteiger partial charge < -0.3 is 21.5 Å². The number of hydrogen-bond acceptors (Lipinski definition) is 2. The van der Waals surface area contributed by atoms with Crippen LogP contribution in [0.25, 0.3) is 0 Å². The first kappa shape index (κ1) is 18.9. The second kappa shape index (κ2) is 9.60. The molecule has 4 nitrogen and oxygen atoms in total. The predicted molar refractivity (Wildman–Crippen MR) is 66.0 cm³/mol. The molecular formula is C10H18INO3Zn-2. The van der Waals surface area contributed by atoms with Gasteiger partial charge in [0, 0.05) is 0 Å². The number of rotatable bonds is 0. The molecule has 1 rings (SSSR count). The molecule has 0 aromatic carbocycles. The SMILES string of the molecule is CC(C)(C)OC(=O)N1CC[CH-]CC1.[O-2].[Zn+][I]. The number of piperidine rings is 1. The zero-order valence-electron chi connectivity index (χ0n) is 10.2. The first-order valence-electron chi connectivity index (χ1n) is 5.05. The molecule has 0 N–H and O–H groups in total. The normalized spacial score (nSPS) is 15.5. The zero-order valence-corrected chi connectivity index (χ0v) is 15.3. The summed E-state index contributed by atoms with van der Waals surface area (Å²) in [5, 5.41) is 0. The van der Waals surface area contributed by atoms with E-state index >= 15 is 0 Å². The number of nitrogens with zero attached hydrogens (tertiary/aromatic N) is 1. The first-order valence-corrected chi connectivity index (χ1v) is 14.1. The van der Waals surface area contributed by atoms with Crippen molar-refractivity contribution in [2.75, 3.05) is 13.1 Å². The molecule has 6 heteroatoms. The Morgan fingerprint density at radius 2 is 1.75 bits per heavy atom. The second-order valence-corrected chi connectivity index (χ2v) is 4.33. The Kier molecular flexibility index (Phi) is 11.4. The molecule has 0 radical (unpaired) electrons. The molecule has 16 heavy (non-hydrogen) atoms. The van der Waals surface area contributed by atoms with Crippen LogP contribution < -0.4 is 0 Å². The van der Waals surface area contributed by atoms with E-state index in [0.717, 1.165) is 25.9 Å². The summed E-state index contributed by atoms with van der Waals surface area (Å²) in [6.45, 7) is 7.27. The van der Waals surface area contributed by atoms with Crippen LogP contribution in [0.15, 0.2) is 0 Å². The topological polar surface area (TPSA) is 58.0 Å². The Labute approximate surface area is 119 Å². The molecule has 1 heterocycles. The third-order valence-electron chi connectivity index (χ3n) is 1.86. The van der Waals surface area contributed by atoms with Gasteiger partial charge in [0.25, 0.3) is 0 Å². The van der Waals surface area contributed by atoms with Crippen LogP contribution in [0.5, 0.6) is 0 Å². The van der Waals surface area contributed by atoms with Crippen LogP contribution in [-0.4, -0.2) is 29.7 Å². The van der Waals surface area contributed by atoms with Crippen LogP contribution >= 0.6 is 19.8 Å². The van der Waals surface area contributed by atoms with Gasteiger partial charge in [-0.25, -0.2) is 4.79 Å². The van der Waals surface area contributed by atoms with Gasteiger partial charge >= 0.3 is 40.6 Å². The molecule has 0 unspecified atom stereocenters. The number of carbonyl (C=O) groups is 1. The average molecular weight is 393 g/mol. The fourth-order valence-corrected chi connectivity index (χ4v) is 1.26. The van der Waals surface area contributed by atoms with Crippen LogP contribution in [0.4, 0.5) is 4.79 Å². The summed E-state index contributed by atoms with van der Waals surface area (Å²) in [5.74, 6) is 0. The summed E-state index contributed by atoms with van der Waals surface area (Å²) >= 11 is 3.62. The molecule has 1 aliphatic heterocycles. The van der Waals surface area contributed by atoms with Gasteiger partial charge in [-0.15, -0.1) is 0 Å². The Morgan fingerprint density at radius 3 is 2.12 bits per heavy atom. The summed E-state index contributed by atoms with van der Waals surface area (Å²) in [4.78, 5) is 13.3. The Hall–Kier alpha value is 0.583. The van der Waals surface area contributed by atoms with E-state index in [1.54, 1.807) is 4.90 Å². The minimum atomic E-state index is -0.377. The van der Waals surface area contributed by atoms with Crippen LogP contribution in [0.3, 0.4) is 0 Å². The predicted octanol–water partition coefficient (Wildman–Crippen LogP) is 2.99. The number of amides is 1. The molecule has 0 saturated carbocycles. The third kappa shape index (κ3) is 8.70. The van der Waals surface area contributed by atoms with Gasteiger partial charge in [0.1, 0.15) is 5.60 Å². The number of likely N-dealkylation sites (tertiary alicyclic amines) is 1. The van der Waals surface area contributed by atoms with E-state index in [0.29, 0.717) is 0 Å². The van der Waals surface area contributed by atoms with Gasteiger partial charge in [-0.2, -0.15) is 12.8 Å². The zero-order chi connectivity index (χ0) is 11.9. The molecule has 1 aliphatic rings. The Morgan fingerprint density at radius 1 is 1.31 bits per heavy atom. The molecule has 1 fully saturated rings. The third-order valence-corrected chi connectivity index (χ3v) is 1.86. The quantitative estimate of drug-likeness (QED) is 0.361. The fraction of sp³-hybridized carbons (Fsp3) is 0.800. The van der Waals surface area contributed by atoms with Gasteiger partial charge in [0.05, 0.1) is 0 Å². The van der Waals surface area contributed by atoms with Gasteiger partial charge in [-0.05, 0) is 33.9 Å². The molecule has 0 aromatic heterocycles. The number of hydrogen-bond donors (Lipinski definition) is 0. The summed E-state index contributed by atoms with van der Waals surface area (Å²) in [5.41, 5.74) is -0.377. The van der Waals surface area contributed by atoms with Crippen molar-refractivity contribution in [1.29, 1.82) is 0 Å². The molecule has 0 aliphatic carbocycles. The Balaban J connectivity index is 0. The summed E-state index contributed by atoms with van der Waals surface area (Å²) in [6.07, 6.45) is 4.00. The van der Waals surface area contributed by atoms with Gasteiger partial charge in [0.15, 0.2) is 0 Å². The molecule has 0 bridgehead atoms. The van der Waals surface area contributed by atoms with E-state index in [1.807, 2.05) is 20.8 Å². The molecule has 1 saturated heterocycles. The van der Waals surface area contributed by atoms with Crippen LogP contribution in [0.1, 0.15) is 33.6 Å². The van der Waals surface area contributed by atoms with E-state index in [1.165, 1.54) is 14.8 Å². The average Bonchev–Trinajstić information content (AvgIpc) is 2.20. The Bertz CT molecular complexity index is 191. The van der Waals surface area contributed by atoms with Crippen molar-refractivity contribution in [2.24, 2.45) is 0 Å². The molecular weight excluding hydrogens is 374 g/mol. The number of ether oxygens (including phenoxy) is 1. The summed E-state index contributed by atoms with van der Waals surface area (Å²) in [6, 6.07) is 0. The van der Waals surface area contributed by atoms with Crippen molar-refractivity contribution >= 4 is 25.8 Å². The van der Waals surface area contributed by atoms with Gasteiger partial charge in [-0.1, -0.05) is 0 Å². The molecule has 0 aromatic rings. The monoisotopic (exact) mass is 391 g/mol. The van der Waals surface area contributed by atoms with E-state index in [2.05, 4.69) is 26.2 Å². The first-order chi connectivity index (χ1) is 6.99. The second-order valence-electron chi connectivity index (χ2n) is 4.33. The molecule has 0 atom stereocenters. The van der Waals surface area contributed by atoms with E-state index in [-0.39, 0.29) is 17.2 Å². The molecule has 1 amide bonds. The maximum atomic E-state index is 11.5. The van der Waals surface area contributed by atoms with E-state index in [4.69, 9.17) is 4.74 Å². The van der Waals surface area contributed by atoms with Crippen LogP contribution in [0, 0.1) is 6.42 Å². The van der Waals surface area contributed by atoms with Crippen molar-refractivity contribution in [3.63, 3.8) is 0 Å². The minimum absolute atomic E-state index is 0. The fourth-order valence-electron chi connectivity index (χ4n) is 1.26. The standard InChI is InChI=1S/C10H18NO2.HI.O.Zn/c1-10(2,3)13-9(12)11-7-5-4-6-8-11;;;/h4H,5-8H2,1-3H3;1H;;/q-1;;-2;+2/p-1. The maximum absolute atomic E-state index is 11.5. The number of halogens is 1. The van der Waals surface area contributed by atoms with Crippen molar-refractivity contribution < 1.29 is 29.8 Å². The van der Waals surface area contributed by atoms with Gasteiger partial charge in [0.2, 0.25) is 0 Å². The van der Waals surface area contributed by atoms with Crippen molar-refractivity contribution in [1.82, 2.24) is 4.90 Å². The van der Waals surface area contributed by atoms with Gasteiger partial charge in [-0.3, -0.25) is 0 Å². The number of carbonyl (C=O) groups excluding carboxylic acids is 1. The summed E-state index contributed by atoms with van der Waals surface area (Å²) in [7, 11) is 0. The van der Waals surface area contributed by atoms with Crippen molar-refractivity contribution in [3.05, 3.63) is 6.42 Å². The van der Waals surface area contributed by atoms with Crippen molar-refractivity contribution in [3.8, 4) is 0 Å². The summed E-state index contributed by atoms with van der Waals surface area (Å²) < 4.78 is 5.25. The van der Waals surface area contributed by atoms with E-state index < -0.39 is 0 Å².